The monoisotopic (exact) mass is 347 g/mol. The maximum atomic E-state index is 11.8. The molecular weight excluding hydrogens is 334 g/mol. The summed E-state index contributed by atoms with van der Waals surface area (Å²) in [5, 5.41) is 1.22. The molecule has 0 aliphatic heterocycles. The molecule has 0 aliphatic rings. The quantitative estimate of drug-likeness (QED) is 0.642. The average Bonchev–Trinajstić information content (AvgIpc) is 2.96. The predicted molar refractivity (Wildman–Crippen MR) is 91.1 cm³/mol. The fraction of sp³-hybridized carbons (Fsp3) is 0.176. The van der Waals surface area contributed by atoms with Crippen molar-refractivity contribution in [2.75, 3.05) is 6.61 Å². The Hall–Kier alpha value is -2.11. The molecule has 2 aromatic carbocycles. The van der Waals surface area contributed by atoms with Gasteiger partial charge < -0.3 is 9.47 Å². The Morgan fingerprint density at radius 1 is 1.26 bits per heavy atom. The van der Waals surface area contributed by atoms with Crippen LogP contribution < -0.4 is 4.74 Å². The summed E-state index contributed by atoms with van der Waals surface area (Å²) >= 11 is 7.52. The highest BCUT2D eigenvalue weighted by Crippen LogP contribution is 2.25. The minimum Gasteiger partial charge on any atom is -0.480 e. The van der Waals surface area contributed by atoms with E-state index in [0.717, 1.165) is 20.8 Å². The molecule has 3 aromatic rings. The highest BCUT2D eigenvalue weighted by atomic mass is 35.5. The second-order valence-corrected chi connectivity index (χ2v) is 6.48. The number of esters is 1. The molecule has 0 aliphatic carbocycles. The summed E-state index contributed by atoms with van der Waals surface area (Å²) in [6, 6.07) is 13.2. The smallest absolute Gasteiger partial charge is 0.344 e. The van der Waals surface area contributed by atoms with Gasteiger partial charge in [0.05, 0.1) is 15.2 Å². The third-order valence-corrected chi connectivity index (χ3v) is 4.45. The van der Waals surface area contributed by atoms with Crippen molar-refractivity contribution in [1.82, 2.24) is 4.98 Å². The zero-order chi connectivity index (χ0) is 16.2. The van der Waals surface area contributed by atoms with E-state index in [2.05, 4.69) is 4.98 Å². The molecular formula is C17H14ClNO3S. The summed E-state index contributed by atoms with van der Waals surface area (Å²) in [7, 11) is 0. The Bertz CT molecular complexity index is 814. The largest absolute Gasteiger partial charge is 0.480 e. The molecule has 0 saturated heterocycles. The first-order valence-electron chi connectivity index (χ1n) is 7.01. The van der Waals surface area contributed by atoms with E-state index in [4.69, 9.17) is 21.1 Å². The summed E-state index contributed by atoms with van der Waals surface area (Å²) in [4.78, 5) is 16.2. The molecule has 0 saturated carbocycles. The molecule has 0 amide bonds. The first-order chi connectivity index (χ1) is 11.1. The van der Waals surface area contributed by atoms with Gasteiger partial charge in [-0.25, -0.2) is 9.78 Å². The van der Waals surface area contributed by atoms with Crippen molar-refractivity contribution >= 4 is 39.1 Å². The number of nitrogens with zero attached hydrogens (tertiary/aromatic N) is 1. The van der Waals surface area contributed by atoms with Crippen molar-refractivity contribution in [3.63, 3.8) is 0 Å². The number of carbonyl (C=O) groups is 1. The zero-order valence-electron chi connectivity index (χ0n) is 12.4. The summed E-state index contributed by atoms with van der Waals surface area (Å²) in [5.74, 6) is 0.0189. The average molecular weight is 348 g/mol. The minimum absolute atomic E-state index is 0.142. The van der Waals surface area contributed by atoms with Crippen LogP contribution in [0.1, 0.15) is 10.6 Å². The lowest BCUT2D eigenvalue weighted by molar-refractivity contribution is -0.147. The molecule has 0 N–H and O–H groups in total. The topological polar surface area (TPSA) is 48.4 Å². The molecule has 23 heavy (non-hydrogen) atoms. The van der Waals surface area contributed by atoms with Crippen molar-refractivity contribution in [3.05, 3.63) is 58.1 Å². The number of carbonyl (C=O) groups excluding carboxylic acids is 1. The van der Waals surface area contributed by atoms with Gasteiger partial charge in [0.2, 0.25) is 0 Å². The van der Waals surface area contributed by atoms with E-state index in [0.29, 0.717) is 10.8 Å². The van der Waals surface area contributed by atoms with Crippen molar-refractivity contribution in [2.24, 2.45) is 0 Å². The van der Waals surface area contributed by atoms with Crippen molar-refractivity contribution < 1.29 is 14.3 Å². The second-order valence-electron chi connectivity index (χ2n) is 4.96. The van der Waals surface area contributed by atoms with E-state index in [1.165, 1.54) is 11.3 Å². The van der Waals surface area contributed by atoms with Crippen LogP contribution in [0.25, 0.3) is 10.2 Å². The Balaban J connectivity index is 1.54. The molecule has 6 heteroatoms. The van der Waals surface area contributed by atoms with Crippen LogP contribution in [0.15, 0.2) is 42.5 Å². The van der Waals surface area contributed by atoms with E-state index in [1.807, 2.05) is 37.3 Å². The standard InChI is InChI=1S/C17H14ClNO3S/c1-11-6-7-12(18)14(8-11)21-10-17(20)22-9-16-19-13-4-2-3-5-15(13)23-16/h2-8H,9-10H2,1H3. The molecule has 0 radical (unpaired) electrons. The van der Waals surface area contributed by atoms with Gasteiger partial charge in [-0.3, -0.25) is 0 Å². The highest BCUT2D eigenvalue weighted by molar-refractivity contribution is 7.18. The van der Waals surface area contributed by atoms with Crippen molar-refractivity contribution in [1.29, 1.82) is 0 Å². The summed E-state index contributed by atoms with van der Waals surface area (Å²) in [6.07, 6.45) is 0. The number of hydrogen-bond acceptors (Lipinski definition) is 5. The maximum absolute atomic E-state index is 11.8. The molecule has 0 unspecified atom stereocenters. The van der Waals surface area contributed by atoms with Crippen LogP contribution in [0.5, 0.6) is 5.75 Å². The number of rotatable bonds is 5. The normalized spacial score (nSPS) is 10.7. The predicted octanol–water partition coefficient (Wildman–Crippen LogP) is 4.38. The molecule has 0 bridgehead atoms. The first-order valence-corrected chi connectivity index (χ1v) is 8.20. The van der Waals surface area contributed by atoms with Gasteiger partial charge >= 0.3 is 5.97 Å². The number of aromatic nitrogens is 1. The summed E-state index contributed by atoms with van der Waals surface area (Å²) in [5.41, 5.74) is 1.92. The number of ether oxygens (including phenoxy) is 2. The third kappa shape index (κ3) is 4.00. The van der Waals surface area contributed by atoms with Gasteiger partial charge in [0.25, 0.3) is 0 Å². The Kier molecular flexibility index (Phi) is 4.79. The Labute approximate surface area is 142 Å². The van der Waals surface area contributed by atoms with Gasteiger partial charge in [-0.15, -0.1) is 11.3 Å². The molecule has 0 spiro atoms. The fourth-order valence-electron chi connectivity index (χ4n) is 2.02. The van der Waals surface area contributed by atoms with Gasteiger partial charge in [-0.2, -0.15) is 0 Å². The van der Waals surface area contributed by atoms with Crippen LogP contribution in [0.3, 0.4) is 0 Å². The van der Waals surface area contributed by atoms with E-state index < -0.39 is 5.97 Å². The lowest BCUT2D eigenvalue weighted by Crippen LogP contribution is -2.14. The van der Waals surface area contributed by atoms with E-state index in [9.17, 15) is 4.79 Å². The van der Waals surface area contributed by atoms with Gasteiger partial charge in [-0.05, 0) is 36.8 Å². The fourth-order valence-corrected chi connectivity index (χ4v) is 3.08. The number of fused-ring (bicyclic) bond motifs is 1. The number of hydrogen-bond donors (Lipinski definition) is 0. The molecule has 1 aromatic heterocycles. The Morgan fingerprint density at radius 3 is 2.91 bits per heavy atom. The van der Waals surface area contributed by atoms with Gasteiger partial charge in [0, 0.05) is 0 Å². The highest BCUT2D eigenvalue weighted by Gasteiger charge is 2.10. The molecule has 4 nitrogen and oxygen atoms in total. The Morgan fingerprint density at radius 2 is 2.09 bits per heavy atom. The molecule has 118 valence electrons. The van der Waals surface area contributed by atoms with Crippen LogP contribution in [-0.4, -0.2) is 17.6 Å². The molecule has 0 atom stereocenters. The summed E-state index contributed by atoms with van der Waals surface area (Å²) < 4.78 is 11.7. The van der Waals surface area contributed by atoms with Crippen molar-refractivity contribution in [3.8, 4) is 5.75 Å². The van der Waals surface area contributed by atoms with Gasteiger partial charge in [0.1, 0.15) is 17.4 Å². The number of benzene rings is 2. The van der Waals surface area contributed by atoms with Crippen LogP contribution in [-0.2, 0) is 16.1 Å². The third-order valence-electron chi connectivity index (χ3n) is 3.13. The molecule has 3 rings (SSSR count). The zero-order valence-corrected chi connectivity index (χ0v) is 14.0. The van der Waals surface area contributed by atoms with Gasteiger partial charge in [0.15, 0.2) is 6.61 Å². The maximum Gasteiger partial charge on any atom is 0.344 e. The number of aryl methyl sites for hydroxylation is 1. The number of para-hydroxylation sites is 1. The lowest BCUT2D eigenvalue weighted by Gasteiger charge is -2.08. The van der Waals surface area contributed by atoms with E-state index in [1.54, 1.807) is 12.1 Å². The second kappa shape index (κ2) is 6.98. The SMILES string of the molecule is Cc1ccc(Cl)c(OCC(=O)OCc2nc3ccccc3s2)c1. The van der Waals surface area contributed by atoms with E-state index in [-0.39, 0.29) is 13.2 Å². The van der Waals surface area contributed by atoms with Gasteiger partial charge in [-0.1, -0.05) is 29.8 Å². The van der Waals surface area contributed by atoms with Crippen LogP contribution in [0.2, 0.25) is 5.02 Å². The minimum atomic E-state index is -0.457. The van der Waals surface area contributed by atoms with Crippen molar-refractivity contribution in [2.45, 2.75) is 13.5 Å². The number of thiazole rings is 1. The van der Waals surface area contributed by atoms with E-state index >= 15 is 0 Å². The summed E-state index contributed by atoms with van der Waals surface area (Å²) in [6.45, 7) is 1.88. The van der Waals surface area contributed by atoms with Crippen LogP contribution >= 0.6 is 22.9 Å². The van der Waals surface area contributed by atoms with Crippen LogP contribution in [0, 0.1) is 6.92 Å². The van der Waals surface area contributed by atoms with Crippen LogP contribution in [0.4, 0.5) is 0 Å². The first kappa shape index (κ1) is 15.8. The molecule has 0 fully saturated rings. The lowest BCUT2D eigenvalue weighted by atomic mass is 10.2. The molecule has 1 heterocycles. The number of halogens is 1.